The van der Waals surface area contributed by atoms with E-state index in [4.69, 9.17) is 0 Å². The van der Waals surface area contributed by atoms with Crippen molar-refractivity contribution in [3.63, 3.8) is 0 Å². The Hall–Kier alpha value is -0.380. The van der Waals surface area contributed by atoms with E-state index in [1.54, 1.807) is 0 Å². The van der Waals surface area contributed by atoms with Crippen molar-refractivity contribution in [1.29, 1.82) is 0 Å². The van der Waals surface area contributed by atoms with E-state index in [-0.39, 0.29) is 0 Å². The molecular weight excluding hydrogens is 228 g/mol. The summed E-state index contributed by atoms with van der Waals surface area (Å²) in [5.74, 6) is 0. The van der Waals surface area contributed by atoms with Gasteiger partial charge in [-0.15, -0.1) is 11.3 Å². The Morgan fingerprint density at radius 2 is 1.94 bits per heavy atom. The average molecular weight is 254 g/mol. The molecule has 1 aromatic rings. The van der Waals surface area contributed by atoms with Gasteiger partial charge in [0.05, 0.1) is 0 Å². The van der Waals surface area contributed by atoms with Crippen molar-refractivity contribution in [3.8, 4) is 0 Å². The van der Waals surface area contributed by atoms with Crippen molar-refractivity contribution < 1.29 is 0 Å². The second kappa shape index (κ2) is 7.85. The molecule has 1 heterocycles. The number of hydrogen-bond donors (Lipinski definition) is 1. The first-order valence-corrected chi connectivity index (χ1v) is 7.50. The molecule has 1 rings (SSSR count). The molecule has 0 unspecified atom stereocenters. The minimum Gasteiger partial charge on any atom is -0.310 e. The monoisotopic (exact) mass is 254 g/mol. The van der Waals surface area contributed by atoms with E-state index in [1.165, 1.54) is 22.7 Å². The first kappa shape index (κ1) is 14.7. The summed E-state index contributed by atoms with van der Waals surface area (Å²) in [4.78, 5) is 5.44. The normalized spacial score (nSPS) is 11.6. The third-order valence-electron chi connectivity index (χ3n) is 2.77. The highest BCUT2D eigenvalue weighted by Gasteiger charge is 2.05. The lowest BCUT2D eigenvalue weighted by Gasteiger charge is -2.18. The van der Waals surface area contributed by atoms with E-state index in [9.17, 15) is 0 Å². The second-order valence-electron chi connectivity index (χ2n) is 4.77. The zero-order valence-electron chi connectivity index (χ0n) is 11.6. The van der Waals surface area contributed by atoms with E-state index in [0.29, 0.717) is 6.04 Å². The summed E-state index contributed by atoms with van der Waals surface area (Å²) >= 11 is 1.94. The van der Waals surface area contributed by atoms with Crippen LogP contribution in [0.25, 0.3) is 0 Å². The predicted octanol–water partition coefficient (Wildman–Crippen LogP) is 3.48. The van der Waals surface area contributed by atoms with Crippen molar-refractivity contribution in [2.45, 2.75) is 53.2 Å². The van der Waals surface area contributed by atoms with Gasteiger partial charge in [-0.05, 0) is 31.6 Å². The molecule has 0 spiro atoms. The first-order chi connectivity index (χ1) is 8.15. The van der Waals surface area contributed by atoms with Crippen molar-refractivity contribution in [2.75, 3.05) is 13.1 Å². The molecule has 0 fully saturated rings. The summed E-state index contributed by atoms with van der Waals surface area (Å²) in [5, 5.41) is 3.46. The van der Waals surface area contributed by atoms with Crippen LogP contribution in [-0.4, -0.2) is 24.0 Å². The van der Waals surface area contributed by atoms with Crippen LogP contribution < -0.4 is 5.32 Å². The Kier molecular flexibility index (Phi) is 6.78. The van der Waals surface area contributed by atoms with Crippen molar-refractivity contribution in [2.24, 2.45) is 0 Å². The quantitative estimate of drug-likeness (QED) is 0.764. The van der Waals surface area contributed by atoms with Crippen molar-refractivity contribution >= 4 is 11.3 Å². The van der Waals surface area contributed by atoms with Gasteiger partial charge in [0.15, 0.2) is 0 Å². The molecule has 3 heteroatoms. The van der Waals surface area contributed by atoms with E-state index in [2.05, 4.69) is 50.0 Å². The van der Waals surface area contributed by atoms with Crippen molar-refractivity contribution in [3.05, 3.63) is 21.9 Å². The van der Waals surface area contributed by atoms with Crippen LogP contribution in [-0.2, 0) is 13.1 Å². The number of hydrogen-bond acceptors (Lipinski definition) is 3. The first-order valence-electron chi connectivity index (χ1n) is 6.69. The van der Waals surface area contributed by atoms with Crippen LogP contribution in [0.15, 0.2) is 12.1 Å². The van der Waals surface area contributed by atoms with E-state index >= 15 is 0 Å². The van der Waals surface area contributed by atoms with Gasteiger partial charge in [0, 0.05) is 28.9 Å². The highest BCUT2D eigenvalue weighted by molar-refractivity contribution is 7.11. The average Bonchev–Trinajstić information content (AvgIpc) is 2.73. The van der Waals surface area contributed by atoms with Crippen LogP contribution in [0.2, 0.25) is 0 Å². The Labute approximate surface area is 110 Å². The molecule has 0 aliphatic heterocycles. The Morgan fingerprint density at radius 1 is 1.24 bits per heavy atom. The number of nitrogens with zero attached hydrogens (tertiary/aromatic N) is 1. The Morgan fingerprint density at radius 3 is 2.53 bits per heavy atom. The molecule has 0 aromatic carbocycles. The molecule has 0 saturated heterocycles. The van der Waals surface area contributed by atoms with Gasteiger partial charge in [-0.1, -0.05) is 27.7 Å². The molecule has 98 valence electrons. The number of nitrogens with one attached hydrogen (secondary N) is 1. The largest absolute Gasteiger partial charge is 0.310 e. The Bertz CT molecular complexity index is 307. The number of rotatable bonds is 8. The molecule has 0 aliphatic carbocycles. The van der Waals surface area contributed by atoms with Crippen LogP contribution >= 0.6 is 11.3 Å². The van der Waals surface area contributed by atoms with Crippen LogP contribution in [0, 0.1) is 0 Å². The van der Waals surface area contributed by atoms with Gasteiger partial charge < -0.3 is 5.32 Å². The molecule has 0 saturated carbocycles. The minimum absolute atomic E-state index is 0.563. The SMILES string of the molecule is CCCN(CC)Cc1ccc(CNC(C)C)s1. The standard InChI is InChI=1S/C14H26N2S/c1-5-9-16(6-2)11-14-8-7-13(17-14)10-15-12(3)4/h7-8,12,15H,5-6,9-11H2,1-4H3. The fourth-order valence-electron chi connectivity index (χ4n) is 1.79. The lowest BCUT2D eigenvalue weighted by atomic mass is 10.3. The highest BCUT2D eigenvalue weighted by atomic mass is 32.1. The summed E-state index contributed by atoms with van der Waals surface area (Å²) in [6.07, 6.45) is 1.24. The van der Waals surface area contributed by atoms with E-state index < -0.39 is 0 Å². The molecular formula is C14H26N2S. The minimum atomic E-state index is 0.563. The van der Waals surface area contributed by atoms with Crippen LogP contribution in [0.4, 0.5) is 0 Å². The van der Waals surface area contributed by atoms with E-state index in [0.717, 1.165) is 19.6 Å². The topological polar surface area (TPSA) is 15.3 Å². The molecule has 0 bridgehead atoms. The van der Waals surface area contributed by atoms with Gasteiger partial charge in [0.25, 0.3) is 0 Å². The van der Waals surface area contributed by atoms with Crippen molar-refractivity contribution in [1.82, 2.24) is 10.2 Å². The maximum atomic E-state index is 3.46. The molecule has 2 nitrogen and oxygen atoms in total. The second-order valence-corrected chi connectivity index (χ2v) is 6.03. The molecule has 0 radical (unpaired) electrons. The fraction of sp³-hybridized carbons (Fsp3) is 0.714. The number of thiophene rings is 1. The van der Waals surface area contributed by atoms with Gasteiger partial charge in [-0.25, -0.2) is 0 Å². The zero-order valence-corrected chi connectivity index (χ0v) is 12.4. The summed E-state index contributed by atoms with van der Waals surface area (Å²) in [6.45, 7) is 13.3. The van der Waals surface area contributed by atoms with Gasteiger partial charge >= 0.3 is 0 Å². The lowest BCUT2D eigenvalue weighted by Crippen LogP contribution is -2.23. The van der Waals surface area contributed by atoms with Gasteiger partial charge in [-0.2, -0.15) is 0 Å². The van der Waals surface area contributed by atoms with Gasteiger partial charge in [0.2, 0.25) is 0 Å². The molecule has 0 aliphatic rings. The third-order valence-corrected chi connectivity index (χ3v) is 3.84. The smallest absolute Gasteiger partial charge is 0.0327 e. The molecule has 1 aromatic heterocycles. The highest BCUT2D eigenvalue weighted by Crippen LogP contribution is 2.18. The predicted molar refractivity (Wildman–Crippen MR) is 77.5 cm³/mol. The summed E-state index contributed by atoms with van der Waals surface area (Å²) in [7, 11) is 0. The third kappa shape index (κ3) is 5.66. The summed E-state index contributed by atoms with van der Waals surface area (Å²) < 4.78 is 0. The van der Waals surface area contributed by atoms with Gasteiger partial charge in [0.1, 0.15) is 0 Å². The van der Waals surface area contributed by atoms with E-state index in [1.807, 2.05) is 11.3 Å². The maximum absolute atomic E-state index is 3.46. The molecule has 1 N–H and O–H groups in total. The molecule has 0 amide bonds. The van der Waals surface area contributed by atoms with Crippen LogP contribution in [0.5, 0.6) is 0 Å². The van der Waals surface area contributed by atoms with Crippen LogP contribution in [0.1, 0.15) is 43.9 Å². The zero-order chi connectivity index (χ0) is 12.7. The lowest BCUT2D eigenvalue weighted by molar-refractivity contribution is 0.283. The van der Waals surface area contributed by atoms with Crippen LogP contribution in [0.3, 0.4) is 0 Å². The summed E-state index contributed by atoms with van der Waals surface area (Å²) in [5.41, 5.74) is 0. The molecule has 17 heavy (non-hydrogen) atoms. The summed E-state index contributed by atoms with van der Waals surface area (Å²) in [6, 6.07) is 5.10. The molecule has 0 atom stereocenters. The Balaban J connectivity index is 2.44. The maximum Gasteiger partial charge on any atom is 0.0327 e. The fourth-order valence-corrected chi connectivity index (χ4v) is 2.80. The van der Waals surface area contributed by atoms with Gasteiger partial charge in [-0.3, -0.25) is 4.90 Å².